The van der Waals surface area contributed by atoms with Gasteiger partial charge in [0.15, 0.2) is 5.13 Å². The zero-order valence-electron chi connectivity index (χ0n) is 15.4. The Labute approximate surface area is 165 Å². The molecule has 6 nitrogen and oxygen atoms in total. The summed E-state index contributed by atoms with van der Waals surface area (Å²) < 4.78 is 13.0. The third-order valence-electron chi connectivity index (χ3n) is 3.79. The highest BCUT2D eigenvalue weighted by Crippen LogP contribution is 2.33. The second-order valence-corrected chi connectivity index (χ2v) is 7.00. The number of hydrogen-bond acceptors (Lipinski definition) is 5. The summed E-state index contributed by atoms with van der Waals surface area (Å²) in [5.74, 6) is -0.679. The first-order valence-corrected chi connectivity index (χ1v) is 9.42. The van der Waals surface area contributed by atoms with Gasteiger partial charge in [0.05, 0.1) is 11.4 Å². The minimum atomic E-state index is -0.270. The number of rotatable bonds is 6. The molecule has 8 heteroatoms. The number of halogens is 1. The topological polar surface area (TPSA) is 83.1 Å². The highest BCUT2D eigenvalue weighted by Gasteiger charge is 2.12. The molecule has 0 radical (unpaired) electrons. The van der Waals surface area contributed by atoms with Crippen LogP contribution in [0.1, 0.15) is 19.4 Å². The van der Waals surface area contributed by atoms with Crippen molar-refractivity contribution in [3.8, 4) is 11.3 Å². The van der Waals surface area contributed by atoms with E-state index >= 15 is 0 Å². The molecule has 1 heterocycles. The Kier molecular flexibility index (Phi) is 6.00. The van der Waals surface area contributed by atoms with Gasteiger partial charge in [-0.05, 0) is 35.9 Å². The van der Waals surface area contributed by atoms with Gasteiger partial charge in [-0.3, -0.25) is 9.59 Å². The predicted octanol–water partition coefficient (Wildman–Crippen LogP) is 4.48. The number of amides is 2. The number of thiazole rings is 1. The lowest BCUT2D eigenvalue weighted by atomic mass is 10.1. The Bertz CT molecular complexity index is 1000. The van der Waals surface area contributed by atoms with Crippen molar-refractivity contribution in [1.82, 2.24) is 4.98 Å². The molecule has 0 spiro atoms. The molecule has 3 aromatic rings. The monoisotopic (exact) mass is 398 g/mol. The van der Waals surface area contributed by atoms with E-state index in [1.807, 2.05) is 5.38 Å². The van der Waals surface area contributed by atoms with Gasteiger partial charge < -0.3 is 16.0 Å². The lowest BCUT2D eigenvalue weighted by molar-refractivity contribution is -0.115. The quantitative estimate of drug-likeness (QED) is 0.572. The Balaban J connectivity index is 1.79. The maximum atomic E-state index is 13.0. The number of anilines is 3. The summed E-state index contributed by atoms with van der Waals surface area (Å²) in [6.07, 6.45) is 0. The number of nitrogens with zero attached hydrogens (tertiary/aromatic N) is 1. The van der Waals surface area contributed by atoms with Crippen LogP contribution < -0.4 is 16.0 Å². The Morgan fingerprint density at radius 3 is 2.43 bits per heavy atom. The van der Waals surface area contributed by atoms with Gasteiger partial charge in [-0.1, -0.05) is 12.1 Å². The largest absolute Gasteiger partial charge is 0.357 e. The molecular formula is C20H19FN4O2S. The summed E-state index contributed by atoms with van der Waals surface area (Å²) in [6, 6.07) is 11.5. The van der Waals surface area contributed by atoms with Crippen LogP contribution in [0, 0.1) is 5.82 Å². The molecule has 3 N–H and O–H groups in total. The van der Waals surface area contributed by atoms with E-state index in [9.17, 15) is 14.0 Å². The van der Waals surface area contributed by atoms with Crippen molar-refractivity contribution < 1.29 is 14.0 Å². The summed E-state index contributed by atoms with van der Waals surface area (Å²) in [5, 5.41) is 11.3. The summed E-state index contributed by atoms with van der Waals surface area (Å²) in [7, 11) is 0. The van der Waals surface area contributed by atoms with Gasteiger partial charge in [0.25, 0.3) is 0 Å². The number of carbonyl (C=O) groups excluding carboxylic acids is 2. The minimum absolute atomic E-state index is 0.192. The van der Waals surface area contributed by atoms with Crippen molar-refractivity contribution in [2.24, 2.45) is 0 Å². The summed E-state index contributed by atoms with van der Waals surface area (Å²) in [5.41, 5.74) is 3.54. The van der Waals surface area contributed by atoms with Crippen LogP contribution in [0.5, 0.6) is 0 Å². The fraction of sp³-hybridized carbons (Fsp3) is 0.150. The molecule has 0 unspecified atom stereocenters. The van der Waals surface area contributed by atoms with Crippen LogP contribution in [0.15, 0.2) is 47.8 Å². The van der Waals surface area contributed by atoms with E-state index in [0.29, 0.717) is 28.7 Å². The lowest BCUT2D eigenvalue weighted by Gasteiger charge is -2.11. The number of carbonyl (C=O) groups is 2. The van der Waals surface area contributed by atoms with E-state index < -0.39 is 0 Å². The van der Waals surface area contributed by atoms with E-state index in [4.69, 9.17) is 0 Å². The molecule has 0 bridgehead atoms. The van der Waals surface area contributed by atoms with Crippen LogP contribution in [0.2, 0.25) is 0 Å². The zero-order chi connectivity index (χ0) is 20.1. The summed E-state index contributed by atoms with van der Waals surface area (Å²) >= 11 is 1.43. The molecule has 28 heavy (non-hydrogen) atoms. The second kappa shape index (κ2) is 8.62. The Morgan fingerprint density at radius 1 is 1.04 bits per heavy atom. The van der Waals surface area contributed by atoms with Gasteiger partial charge in [0, 0.05) is 37.0 Å². The number of aromatic nitrogens is 1. The van der Waals surface area contributed by atoms with E-state index in [0.717, 1.165) is 11.1 Å². The third kappa shape index (κ3) is 5.14. The molecular weight excluding hydrogens is 379 g/mol. The van der Waals surface area contributed by atoms with Crippen molar-refractivity contribution in [2.45, 2.75) is 20.4 Å². The summed E-state index contributed by atoms with van der Waals surface area (Å²) in [4.78, 5) is 27.4. The van der Waals surface area contributed by atoms with Crippen LogP contribution in [0.3, 0.4) is 0 Å². The van der Waals surface area contributed by atoms with Gasteiger partial charge in [-0.2, -0.15) is 0 Å². The molecule has 0 aliphatic rings. The Hall–Kier alpha value is -3.26. The lowest BCUT2D eigenvalue weighted by Crippen LogP contribution is -2.09. The molecule has 144 valence electrons. The normalized spacial score (nSPS) is 10.4. The van der Waals surface area contributed by atoms with Crippen LogP contribution >= 0.6 is 11.3 Å². The van der Waals surface area contributed by atoms with Crippen molar-refractivity contribution >= 4 is 39.7 Å². The number of hydrogen-bond donors (Lipinski definition) is 3. The van der Waals surface area contributed by atoms with Crippen molar-refractivity contribution in [2.75, 3.05) is 16.0 Å². The van der Waals surface area contributed by atoms with Crippen molar-refractivity contribution in [3.63, 3.8) is 0 Å². The first-order valence-electron chi connectivity index (χ1n) is 8.54. The zero-order valence-corrected chi connectivity index (χ0v) is 16.2. The molecule has 2 amide bonds. The van der Waals surface area contributed by atoms with Crippen LogP contribution in [0.4, 0.5) is 20.9 Å². The van der Waals surface area contributed by atoms with E-state index in [-0.39, 0.29) is 17.6 Å². The van der Waals surface area contributed by atoms with Crippen molar-refractivity contribution in [3.05, 3.63) is 59.2 Å². The average molecular weight is 398 g/mol. The van der Waals surface area contributed by atoms with Gasteiger partial charge in [0.1, 0.15) is 5.82 Å². The summed E-state index contributed by atoms with van der Waals surface area (Å²) in [6.45, 7) is 3.37. The molecule has 3 rings (SSSR count). The fourth-order valence-corrected chi connectivity index (χ4v) is 3.31. The fourth-order valence-electron chi connectivity index (χ4n) is 2.60. The van der Waals surface area contributed by atoms with Gasteiger partial charge in [-0.25, -0.2) is 9.37 Å². The highest BCUT2D eigenvalue weighted by molar-refractivity contribution is 7.14. The molecule has 1 aromatic heterocycles. The SMILES string of the molecule is CC(=O)Nc1ccc(-c2csc(NCc3ccc(F)cc3)n2)c(NC(C)=O)c1. The van der Waals surface area contributed by atoms with Gasteiger partial charge in [-0.15, -0.1) is 11.3 Å². The molecule has 2 aromatic carbocycles. The van der Waals surface area contributed by atoms with E-state index in [1.54, 1.807) is 30.3 Å². The third-order valence-corrected chi connectivity index (χ3v) is 4.59. The number of nitrogens with one attached hydrogen (secondary N) is 3. The predicted molar refractivity (Wildman–Crippen MR) is 110 cm³/mol. The maximum Gasteiger partial charge on any atom is 0.221 e. The van der Waals surface area contributed by atoms with E-state index in [1.165, 1.54) is 37.3 Å². The van der Waals surface area contributed by atoms with Crippen LogP contribution in [-0.2, 0) is 16.1 Å². The maximum absolute atomic E-state index is 13.0. The van der Waals surface area contributed by atoms with Gasteiger partial charge >= 0.3 is 0 Å². The second-order valence-electron chi connectivity index (χ2n) is 6.14. The first-order chi connectivity index (χ1) is 13.4. The smallest absolute Gasteiger partial charge is 0.221 e. The van der Waals surface area contributed by atoms with Crippen LogP contribution in [0.25, 0.3) is 11.3 Å². The molecule has 0 fully saturated rings. The van der Waals surface area contributed by atoms with Crippen LogP contribution in [-0.4, -0.2) is 16.8 Å². The molecule has 0 atom stereocenters. The van der Waals surface area contributed by atoms with Crippen molar-refractivity contribution in [1.29, 1.82) is 0 Å². The molecule has 0 saturated carbocycles. The van der Waals surface area contributed by atoms with E-state index in [2.05, 4.69) is 20.9 Å². The number of benzene rings is 2. The standard InChI is InChI=1S/C20H19FN4O2S/c1-12(26)23-16-7-8-17(18(9-16)24-13(2)27)19-11-28-20(25-19)22-10-14-3-5-15(21)6-4-14/h3-9,11H,10H2,1-2H3,(H,22,25)(H,23,26)(H,24,27). The average Bonchev–Trinajstić information content (AvgIpc) is 3.09. The van der Waals surface area contributed by atoms with Gasteiger partial charge in [0.2, 0.25) is 11.8 Å². The molecule has 0 aliphatic heterocycles. The Morgan fingerprint density at radius 2 is 1.75 bits per heavy atom. The minimum Gasteiger partial charge on any atom is -0.357 e. The highest BCUT2D eigenvalue weighted by atomic mass is 32.1. The molecule has 0 saturated heterocycles. The molecule has 0 aliphatic carbocycles. The first kappa shape index (κ1) is 19.5.